The maximum absolute atomic E-state index is 13.5. The van der Waals surface area contributed by atoms with Gasteiger partial charge in [-0.3, -0.25) is 9.59 Å². The van der Waals surface area contributed by atoms with E-state index < -0.39 is 0 Å². The van der Waals surface area contributed by atoms with Crippen LogP contribution in [0.2, 0.25) is 5.02 Å². The van der Waals surface area contributed by atoms with Crippen LogP contribution in [0.3, 0.4) is 0 Å². The van der Waals surface area contributed by atoms with Crippen LogP contribution >= 0.6 is 22.9 Å². The summed E-state index contributed by atoms with van der Waals surface area (Å²) in [6.07, 6.45) is 2.75. The molecule has 7 heteroatoms. The number of aryl methyl sites for hydroxylation is 2. The van der Waals surface area contributed by atoms with Gasteiger partial charge in [0.1, 0.15) is 10.8 Å². The molecule has 3 aromatic rings. The molecule has 1 aliphatic rings. The number of halogens is 1. The zero-order valence-corrected chi connectivity index (χ0v) is 23.0. The third kappa shape index (κ3) is 6.11. The number of hydrogen-bond acceptors (Lipinski definition) is 4. The van der Waals surface area contributed by atoms with Gasteiger partial charge in [-0.2, -0.15) is 0 Å². The van der Waals surface area contributed by atoms with Crippen LogP contribution in [0, 0.1) is 25.2 Å². The molecule has 0 aliphatic heterocycles. The zero-order valence-electron chi connectivity index (χ0n) is 21.5. The van der Waals surface area contributed by atoms with Gasteiger partial charge < -0.3 is 15.4 Å². The second-order valence-electron chi connectivity index (χ2n) is 10.6. The summed E-state index contributed by atoms with van der Waals surface area (Å²) in [5.74, 6) is 0.576. The van der Waals surface area contributed by atoms with E-state index in [9.17, 15) is 9.59 Å². The molecule has 1 unspecified atom stereocenters. The first-order valence-corrected chi connectivity index (χ1v) is 13.4. The highest BCUT2D eigenvalue weighted by Gasteiger charge is 2.34. The Labute approximate surface area is 222 Å². The predicted molar refractivity (Wildman–Crippen MR) is 149 cm³/mol. The number of anilines is 2. The number of amides is 2. The number of nitrogens with one attached hydrogen (secondary N) is 2. The molecule has 0 saturated heterocycles. The number of rotatable bonds is 6. The normalized spacial score (nSPS) is 15.2. The van der Waals surface area contributed by atoms with E-state index in [1.165, 1.54) is 21.8 Å². The molecule has 2 amide bonds. The number of thiophene rings is 1. The van der Waals surface area contributed by atoms with Crippen molar-refractivity contribution in [2.24, 2.45) is 11.3 Å². The Morgan fingerprint density at radius 3 is 2.44 bits per heavy atom. The molecular formula is C29H33ClN2O3S. The average Bonchev–Trinajstić information content (AvgIpc) is 3.17. The predicted octanol–water partition coefficient (Wildman–Crippen LogP) is 7.44. The SMILES string of the molecule is Cc1ccc(NC(=O)c2c(NC(=O)COc3ccc(Cl)cc3)sc3c2CCC(C(C)(C)C)C3)cc1C. The molecule has 0 fully saturated rings. The average molecular weight is 525 g/mol. The van der Waals surface area contributed by atoms with Crippen LogP contribution in [0.1, 0.15) is 59.1 Å². The molecule has 2 aromatic carbocycles. The van der Waals surface area contributed by atoms with Crippen molar-refractivity contribution >= 4 is 45.4 Å². The lowest BCUT2D eigenvalue weighted by Crippen LogP contribution is -2.27. The molecular weight excluding hydrogens is 492 g/mol. The molecule has 36 heavy (non-hydrogen) atoms. The lowest BCUT2D eigenvalue weighted by atomic mass is 9.72. The Hall–Kier alpha value is -2.83. The molecule has 5 nitrogen and oxygen atoms in total. The summed E-state index contributed by atoms with van der Waals surface area (Å²) in [4.78, 5) is 27.5. The molecule has 0 spiro atoms. The van der Waals surface area contributed by atoms with Gasteiger partial charge in [-0.05, 0) is 97.5 Å². The van der Waals surface area contributed by atoms with Crippen molar-refractivity contribution in [2.75, 3.05) is 17.2 Å². The fourth-order valence-electron chi connectivity index (χ4n) is 4.51. The first kappa shape index (κ1) is 26.2. The Balaban J connectivity index is 1.57. The van der Waals surface area contributed by atoms with E-state index in [0.717, 1.165) is 36.1 Å². The van der Waals surface area contributed by atoms with Crippen molar-refractivity contribution in [3.63, 3.8) is 0 Å². The molecule has 1 atom stereocenters. The highest BCUT2D eigenvalue weighted by Crippen LogP contribution is 2.44. The summed E-state index contributed by atoms with van der Waals surface area (Å²) < 4.78 is 5.61. The highest BCUT2D eigenvalue weighted by molar-refractivity contribution is 7.17. The number of carbonyl (C=O) groups excluding carboxylic acids is 2. The van der Waals surface area contributed by atoms with Gasteiger partial charge in [0.05, 0.1) is 5.56 Å². The maximum atomic E-state index is 13.5. The molecule has 1 aromatic heterocycles. The highest BCUT2D eigenvalue weighted by atomic mass is 35.5. The van der Waals surface area contributed by atoms with Crippen molar-refractivity contribution in [3.05, 3.63) is 74.6 Å². The Morgan fingerprint density at radius 1 is 1.06 bits per heavy atom. The van der Waals surface area contributed by atoms with Gasteiger partial charge in [-0.15, -0.1) is 11.3 Å². The summed E-state index contributed by atoms with van der Waals surface area (Å²) in [5.41, 5.74) is 4.83. The minimum atomic E-state index is -0.309. The van der Waals surface area contributed by atoms with E-state index in [4.69, 9.17) is 16.3 Å². The van der Waals surface area contributed by atoms with Crippen LogP contribution in [0.4, 0.5) is 10.7 Å². The van der Waals surface area contributed by atoms with Crippen LogP contribution in [0.15, 0.2) is 42.5 Å². The van der Waals surface area contributed by atoms with E-state index in [1.807, 2.05) is 32.0 Å². The van der Waals surface area contributed by atoms with E-state index in [1.54, 1.807) is 24.3 Å². The zero-order chi connectivity index (χ0) is 26.0. The van der Waals surface area contributed by atoms with Crippen LogP contribution in [0.5, 0.6) is 5.75 Å². The molecule has 190 valence electrons. The Bertz CT molecular complexity index is 1270. The number of ether oxygens (including phenoxy) is 1. The smallest absolute Gasteiger partial charge is 0.262 e. The van der Waals surface area contributed by atoms with Crippen LogP contribution in [-0.2, 0) is 17.6 Å². The molecule has 2 N–H and O–H groups in total. The van der Waals surface area contributed by atoms with Gasteiger partial charge in [0.2, 0.25) is 0 Å². The van der Waals surface area contributed by atoms with Gasteiger partial charge >= 0.3 is 0 Å². The number of benzene rings is 2. The largest absolute Gasteiger partial charge is 0.484 e. The van der Waals surface area contributed by atoms with Crippen molar-refractivity contribution in [1.82, 2.24) is 0 Å². The van der Waals surface area contributed by atoms with Crippen molar-refractivity contribution in [1.29, 1.82) is 0 Å². The standard InChI is InChI=1S/C29H33ClN2O3S/c1-17-6-10-21(14-18(17)2)31-27(34)26-23-13-7-19(29(3,4)5)15-24(23)36-28(26)32-25(33)16-35-22-11-8-20(30)9-12-22/h6,8-12,14,19H,7,13,15-16H2,1-5H3,(H,31,34)(H,32,33). The van der Waals surface area contributed by atoms with E-state index in [2.05, 4.69) is 31.4 Å². The molecule has 4 rings (SSSR count). The fraction of sp³-hybridized carbons (Fsp3) is 0.379. The second kappa shape index (κ2) is 10.7. The summed E-state index contributed by atoms with van der Waals surface area (Å²) in [6, 6.07) is 12.7. The first-order chi connectivity index (χ1) is 17.0. The monoisotopic (exact) mass is 524 g/mol. The Morgan fingerprint density at radius 2 is 1.78 bits per heavy atom. The van der Waals surface area contributed by atoms with Crippen LogP contribution < -0.4 is 15.4 Å². The second-order valence-corrected chi connectivity index (χ2v) is 12.1. The Kier molecular flexibility index (Phi) is 7.76. The van der Waals surface area contributed by atoms with Crippen molar-refractivity contribution < 1.29 is 14.3 Å². The summed E-state index contributed by atoms with van der Waals surface area (Å²) in [7, 11) is 0. The van der Waals surface area contributed by atoms with Crippen LogP contribution in [0.25, 0.3) is 0 Å². The number of carbonyl (C=O) groups is 2. The summed E-state index contributed by atoms with van der Waals surface area (Å²) in [6.45, 7) is 10.7. The van der Waals surface area contributed by atoms with Crippen molar-refractivity contribution in [2.45, 2.75) is 53.9 Å². The lowest BCUT2D eigenvalue weighted by molar-refractivity contribution is -0.118. The maximum Gasteiger partial charge on any atom is 0.262 e. The molecule has 0 saturated carbocycles. The third-order valence-electron chi connectivity index (χ3n) is 6.92. The van der Waals surface area contributed by atoms with E-state index >= 15 is 0 Å². The first-order valence-electron chi connectivity index (χ1n) is 12.2. The topological polar surface area (TPSA) is 67.4 Å². The minimum absolute atomic E-state index is 0.160. The quantitative estimate of drug-likeness (QED) is 0.352. The minimum Gasteiger partial charge on any atom is -0.484 e. The molecule has 1 heterocycles. The van der Waals surface area contributed by atoms with Gasteiger partial charge in [0.25, 0.3) is 11.8 Å². The van der Waals surface area contributed by atoms with Crippen molar-refractivity contribution in [3.8, 4) is 5.75 Å². The van der Waals surface area contributed by atoms with Gasteiger partial charge in [0, 0.05) is 15.6 Å². The molecule has 0 radical (unpaired) electrons. The fourth-order valence-corrected chi connectivity index (χ4v) is 5.98. The van der Waals surface area contributed by atoms with E-state index in [-0.39, 0.29) is 23.8 Å². The lowest BCUT2D eigenvalue weighted by Gasteiger charge is -2.33. The summed E-state index contributed by atoms with van der Waals surface area (Å²) >= 11 is 7.43. The van der Waals surface area contributed by atoms with Gasteiger partial charge in [0.15, 0.2) is 6.61 Å². The van der Waals surface area contributed by atoms with Gasteiger partial charge in [-0.25, -0.2) is 0 Å². The number of fused-ring (bicyclic) bond motifs is 1. The van der Waals surface area contributed by atoms with Crippen LogP contribution in [-0.4, -0.2) is 18.4 Å². The number of hydrogen-bond donors (Lipinski definition) is 2. The van der Waals surface area contributed by atoms with Gasteiger partial charge in [-0.1, -0.05) is 38.4 Å². The summed E-state index contributed by atoms with van der Waals surface area (Å²) in [5, 5.41) is 7.20. The van der Waals surface area contributed by atoms with E-state index in [0.29, 0.717) is 27.3 Å². The third-order valence-corrected chi connectivity index (χ3v) is 8.34. The molecule has 1 aliphatic carbocycles. The molecule has 0 bridgehead atoms.